The molecule has 2 aromatic carbocycles. The Labute approximate surface area is 220 Å². The summed E-state index contributed by atoms with van der Waals surface area (Å²) in [6.07, 6.45) is 2.51. The van der Waals surface area contributed by atoms with Crippen LogP contribution < -0.4 is 21.7 Å². The van der Waals surface area contributed by atoms with Crippen molar-refractivity contribution in [3.8, 4) is 5.75 Å². The minimum Gasteiger partial charge on any atom is -0.508 e. The fourth-order valence-electron chi connectivity index (χ4n) is 3.44. The van der Waals surface area contributed by atoms with Crippen LogP contribution in [0.5, 0.6) is 5.75 Å². The largest absolute Gasteiger partial charge is 0.508 e. The number of carboxylic acids is 1. The molecule has 2 aromatic rings. The fraction of sp³-hybridized carbons (Fsp3) is 0.385. The molecule has 3 amide bonds. The molecule has 0 heterocycles. The first-order valence-electron chi connectivity index (χ1n) is 11.8. The van der Waals surface area contributed by atoms with Crippen molar-refractivity contribution in [2.24, 2.45) is 5.73 Å². The molecule has 2 rings (SSSR count). The number of carbonyl (C=O) groups excluding carboxylic acids is 3. The molecule has 7 N–H and O–H groups in total. The monoisotopic (exact) mass is 530 g/mol. The Hall–Kier alpha value is -3.57. The first kappa shape index (κ1) is 29.7. The van der Waals surface area contributed by atoms with Crippen LogP contribution in [-0.2, 0) is 32.0 Å². The Balaban J connectivity index is 2.26. The van der Waals surface area contributed by atoms with E-state index in [4.69, 9.17) is 5.73 Å². The molecule has 0 spiro atoms. The summed E-state index contributed by atoms with van der Waals surface area (Å²) in [6.45, 7) is 1.32. The zero-order valence-corrected chi connectivity index (χ0v) is 21.7. The molecule has 0 bridgehead atoms. The third kappa shape index (κ3) is 10.1. The van der Waals surface area contributed by atoms with Crippen LogP contribution in [0.1, 0.15) is 24.5 Å². The lowest BCUT2D eigenvalue weighted by atomic mass is 10.0. The summed E-state index contributed by atoms with van der Waals surface area (Å²) in [5.74, 6) is -2.28. The number of rotatable bonds is 14. The van der Waals surface area contributed by atoms with Gasteiger partial charge in [0.1, 0.15) is 23.9 Å². The minimum atomic E-state index is -1.21. The molecule has 4 unspecified atom stereocenters. The highest BCUT2D eigenvalue weighted by Crippen LogP contribution is 2.12. The van der Waals surface area contributed by atoms with Crippen LogP contribution in [-0.4, -0.2) is 70.1 Å². The van der Waals surface area contributed by atoms with Crippen LogP contribution in [0.3, 0.4) is 0 Å². The summed E-state index contributed by atoms with van der Waals surface area (Å²) < 4.78 is 0. The van der Waals surface area contributed by atoms with Gasteiger partial charge in [-0.05, 0) is 48.6 Å². The number of phenolic OH excluding ortho intramolecular Hbond substituents is 1. The highest BCUT2D eigenvalue weighted by atomic mass is 32.2. The first-order valence-corrected chi connectivity index (χ1v) is 13.2. The van der Waals surface area contributed by atoms with Crippen molar-refractivity contribution in [1.29, 1.82) is 0 Å². The van der Waals surface area contributed by atoms with E-state index in [9.17, 15) is 29.4 Å². The van der Waals surface area contributed by atoms with Crippen LogP contribution in [0.4, 0.5) is 0 Å². The highest BCUT2D eigenvalue weighted by Gasteiger charge is 2.29. The molecule has 37 heavy (non-hydrogen) atoms. The van der Waals surface area contributed by atoms with Crippen LogP contribution in [0.15, 0.2) is 54.6 Å². The number of carbonyl (C=O) groups is 4. The molecule has 0 aliphatic rings. The van der Waals surface area contributed by atoms with Gasteiger partial charge in [-0.3, -0.25) is 19.2 Å². The van der Waals surface area contributed by atoms with Crippen LogP contribution in [0.25, 0.3) is 0 Å². The third-order valence-electron chi connectivity index (χ3n) is 5.62. The van der Waals surface area contributed by atoms with E-state index in [2.05, 4.69) is 16.0 Å². The van der Waals surface area contributed by atoms with E-state index in [1.54, 1.807) is 48.2 Å². The molecule has 0 aliphatic heterocycles. The molecule has 0 fully saturated rings. The number of hydrogen-bond acceptors (Lipinski definition) is 7. The zero-order chi connectivity index (χ0) is 27.4. The summed E-state index contributed by atoms with van der Waals surface area (Å²) in [4.78, 5) is 50.3. The SMILES string of the molecule is CSCCC(N)C(=O)NC(Cc1ccc(O)cc1)C(=O)NC(Cc1ccccc1)C(=O)NC(C)C(=O)O. The van der Waals surface area contributed by atoms with E-state index >= 15 is 0 Å². The predicted octanol–water partition coefficient (Wildman–Crippen LogP) is 0.817. The van der Waals surface area contributed by atoms with Gasteiger partial charge in [-0.15, -0.1) is 0 Å². The number of amides is 3. The van der Waals surface area contributed by atoms with Gasteiger partial charge in [0.25, 0.3) is 0 Å². The lowest BCUT2D eigenvalue weighted by Crippen LogP contribution is -2.58. The van der Waals surface area contributed by atoms with Gasteiger partial charge in [0, 0.05) is 12.8 Å². The Morgan fingerprint density at radius 3 is 1.89 bits per heavy atom. The molecule has 4 atom stereocenters. The Kier molecular flexibility index (Phi) is 11.9. The number of aliphatic carboxylic acids is 1. The number of aromatic hydroxyl groups is 1. The second-order valence-electron chi connectivity index (χ2n) is 8.64. The van der Waals surface area contributed by atoms with Crippen molar-refractivity contribution in [3.63, 3.8) is 0 Å². The van der Waals surface area contributed by atoms with Crippen molar-refractivity contribution in [3.05, 3.63) is 65.7 Å². The Morgan fingerprint density at radius 1 is 0.838 bits per heavy atom. The second kappa shape index (κ2) is 14.9. The molecule has 11 heteroatoms. The maximum absolute atomic E-state index is 13.4. The van der Waals surface area contributed by atoms with Gasteiger partial charge in [0.05, 0.1) is 6.04 Å². The summed E-state index contributed by atoms with van der Waals surface area (Å²) in [5, 5.41) is 26.5. The smallest absolute Gasteiger partial charge is 0.325 e. The number of hydrogen-bond donors (Lipinski definition) is 6. The molecule has 0 aliphatic carbocycles. The second-order valence-corrected chi connectivity index (χ2v) is 9.62. The number of nitrogens with one attached hydrogen (secondary N) is 3. The minimum absolute atomic E-state index is 0.0556. The van der Waals surface area contributed by atoms with Crippen LogP contribution in [0, 0.1) is 0 Å². The molecule has 0 saturated carbocycles. The summed E-state index contributed by atoms with van der Waals surface area (Å²) in [5.41, 5.74) is 7.41. The average Bonchev–Trinajstić information content (AvgIpc) is 2.87. The molecule has 0 radical (unpaired) electrons. The summed E-state index contributed by atoms with van der Waals surface area (Å²) in [7, 11) is 0. The van der Waals surface area contributed by atoms with E-state index in [1.165, 1.54) is 19.1 Å². The van der Waals surface area contributed by atoms with Gasteiger partial charge in [0.15, 0.2) is 0 Å². The Bertz CT molecular complexity index is 1050. The van der Waals surface area contributed by atoms with E-state index < -0.39 is 47.9 Å². The lowest BCUT2D eigenvalue weighted by molar-refractivity contribution is -0.141. The molecule has 200 valence electrons. The number of thioether (sulfide) groups is 1. The van der Waals surface area contributed by atoms with Gasteiger partial charge in [-0.2, -0.15) is 11.8 Å². The van der Waals surface area contributed by atoms with Crippen LogP contribution in [0.2, 0.25) is 0 Å². The predicted molar refractivity (Wildman–Crippen MR) is 142 cm³/mol. The molecule has 0 saturated heterocycles. The van der Waals surface area contributed by atoms with E-state index in [-0.39, 0.29) is 18.6 Å². The van der Waals surface area contributed by atoms with Crippen molar-refractivity contribution in [2.75, 3.05) is 12.0 Å². The zero-order valence-electron chi connectivity index (χ0n) is 20.8. The maximum atomic E-state index is 13.4. The average molecular weight is 531 g/mol. The van der Waals surface area contributed by atoms with Gasteiger partial charge in [-0.25, -0.2) is 0 Å². The number of benzene rings is 2. The van der Waals surface area contributed by atoms with Crippen molar-refractivity contribution >= 4 is 35.5 Å². The number of nitrogens with two attached hydrogens (primary N) is 1. The van der Waals surface area contributed by atoms with Crippen LogP contribution >= 0.6 is 11.8 Å². The van der Waals surface area contributed by atoms with Gasteiger partial charge < -0.3 is 31.9 Å². The first-order chi connectivity index (χ1) is 17.6. The maximum Gasteiger partial charge on any atom is 0.325 e. The van der Waals surface area contributed by atoms with Gasteiger partial charge in [0.2, 0.25) is 17.7 Å². The topological polar surface area (TPSA) is 171 Å². The van der Waals surface area contributed by atoms with Crippen molar-refractivity contribution in [1.82, 2.24) is 16.0 Å². The van der Waals surface area contributed by atoms with E-state index in [0.29, 0.717) is 17.7 Å². The van der Waals surface area contributed by atoms with E-state index in [1.807, 2.05) is 12.3 Å². The van der Waals surface area contributed by atoms with Crippen molar-refractivity contribution in [2.45, 2.75) is 50.4 Å². The molecule has 0 aromatic heterocycles. The van der Waals surface area contributed by atoms with E-state index in [0.717, 1.165) is 5.56 Å². The standard InChI is InChI=1S/C26H34N4O6S/c1-16(26(35)36)28-24(33)21(14-17-6-4-3-5-7-17)30-25(34)22(15-18-8-10-19(31)11-9-18)29-23(32)20(27)12-13-37-2/h3-11,16,20-22,31H,12-15,27H2,1-2H3,(H,28,33)(H,29,32)(H,30,34)(H,35,36). The number of phenols is 1. The third-order valence-corrected chi connectivity index (χ3v) is 6.27. The summed E-state index contributed by atoms with van der Waals surface area (Å²) in [6, 6.07) is 11.0. The highest BCUT2D eigenvalue weighted by molar-refractivity contribution is 7.98. The molecule has 10 nitrogen and oxygen atoms in total. The van der Waals surface area contributed by atoms with Crippen molar-refractivity contribution < 1.29 is 29.4 Å². The normalized spacial score (nSPS) is 14.0. The lowest BCUT2D eigenvalue weighted by Gasteiger charge is -2.25. The fourth-order valence-corrected chi connectivity index (χ4v) is 3.93. The quantitative estimate of drug-likeness (QED) is 0.208. The number of carboxylic acid groups (broad SMARTS) is 1. The molecular formula is C26H34N4O6S. The molecular weight excluding hydrogens is 496 g/mol. The van der Waals surface area contributed by atoms with Gasteiger partial charge in [-0.1, -0.05) is 42.5 Å². The summed E-state index contributed by atoms with van der Waals surface area (Å²) >= 11 is 1.55. The Morgan fingerprint density at radius 2 is 1.35 bits per heavy atom. The van der Waals surface area contributed by atoms with Gasteiger partial charge >= 0.3 is 5.97 Å².